The zero-order valence-corrected chi connectivity index (χ0v) is 8.89. The maximum Gasteiger partial charge on any atom is 0.157 e. The van der Waals surface area contributed by atoms with Gasteiger partial charge < -0.3 is 4.74 Å². The molecule has 78 valence electrons. The Morgan fingerprint density at radius 1 is 1.38 bits per heavy atom. The summed E-state index contributed by atoms with van der Waals surface area (Å²) in [7, 11) is -1.68. The molecule has 4 nitrogen and oxygen atoms in total. The molecule has 0 heterocycles. The monoisotopic (exact) mass is 208 g/mol. The average Bonchev–Trinajstić information content (AvgIpc) is 2.03. The lowest BCUT2D eigenvalue weighted by Gasteiger charge is -2.01. The van der Waals surface area contributed by atoms with Crippen LogP contribution in [0.2, 0.25) is 0 Å². The summed E-state index contributed by atoms with van der Waals surface area (Å²) >= 11 is 0. The van der Waals surface area contributed by atoms with Gasteiger partial charge in [0.2, 0.25) is 0 Å². The van der Waals surface area contributed by atoms with Crippen molar-refractivity contribution in [2.45, 2.75) is 19.8 Å². The first-order valence-corrected chi connectivity index (χ1v) is 6.05. The van der Waals surface area contributed by atoms with Gasteiger partial charge in [0.05, 0.1) is 5.75 Å². The molecule has 0 unspecified atom stereocenters. The molecule has 0 aliphatic rings. The lowest BCUT2D eigenvalue weighted by Crippen LogP contribution is -2.18. The minimum Gasteiger partial charge on any atom is -0.385 e. The third kappa shape index (κ3) is 6.72. The minimum absolute atomic E-state index is 0.0343. The molecule has 0 aromatic carbocycles. The fourth-order valence-corrected chi connectivity index (χ4v) is 2.24. The zero-order valence-electron chi connectivity index (χ0n) is 8.08. The summed E-state index contributed by atoms with van der Waals surface area (Å²) in [5.74, 6) is -0.516. The van der Waals surface area contributed by atoms with Crippen molar-refractivity contribution in [3.8, 4) is 0 Å². The van der Waals surface area contributed by atoms with Crippen LogP contribution in [-0.2, 0) is 19.4 Å². The van der Waals surface area contributed by atoms with Crippen LogP contribution >= 0.6 is 0 Å². The van der Waals surface area contributed by atoms with E-state index in [1.54, 1.807) is 6.92 Å². The van der Waals surface area contributed by atoms with Gasteiger partial charge in [-0.25, -0.2) is 8.42 Å². The Labute approximate surface area is 79.2 Å². The summed E-state index contributed by atoms with van der Waals surface area (Å²) in [6, 6.07) is 0. The van der Waals surface area contributed by atoms with E-state index in [-0.39, 0.29) is 23.7 Å². The van der Waals surface area contributed by atoms with Gasteiger partial charge in [0, 0.05) is 20.1 Å². The van der Waals surface area contributed by atoms with E-state index >= 15 is 0 Å². The van der Waals surface area contributed by atoms with Crippen molar-refractivity contribution >= 4 is 15.6 Å². The van der Waals surface area contributed by atoms with Gasteiger partial charge in [0.25, 0.3) is 0 Å². The first-order chi connectivity index (χ1) is 6.02. The van der Waals surface area contributed by atoms with Crippen molar-refractivity contribution in [2.75, 3.05) is 25.2 Å². The Bertz CT molecular complexity index is 243. The van der Waals surface area contributed by atoms with Crippen molar-refractivity contribution in [1.82, 2.24) is 0 Å². The molecule has 0 saturated carbocycles. The molecule has 0 N–H and O–H groups in total. The van der Waals surface area contributed by atoms with E-state index in [1.807, 2.05) is 0 Å². The van der Waals surface area contributed by atoms with Gasteiger partial charge in [-0.1, -0.05) is 6.92 Å². The second-order valence-electron chi connectivity index (χ2n) is 2.83. The third-order valence-corrected chi connectivity index (χ3v) is 3.25. The molecule has 0 saturated heterocycles. The summed E-state index contributed by atoms with van der Waals surface area (Å²) in [6.45, 7) is 2.08. The molecule has 0 fully saturated rings. The van der Waals surface area contributed by atoms with E-state index in [0.717, 1.165) is 0 Å². The lowest BCUT2D eigenvalue weighted by atomic mass is 10.4. The van der Waals surface area contributed by atoms with Gasteiger partial charge in [-0.05, 0) is 6.42 Å². The number of Topliss-reactive ketones (excluding diaryl/α,β-unsaturated/α-hetero) is 1. The Balaban J connectivity index is 3.88. The first-order valence-electron chi connectivity index (χ1n) is 4.23. The quantitative estimate of drug-likeness (QED) is 0.569. The van der Waals surface area contributed by atoms with E-state index < -0.39 is 9.84 Å². The number of hydrogen-bond donors (Lipinski definition) is 0. The number of sulfone groups is 1. The van der Waals surface area contributed by atoms with Crippen LogP contribution in [0.4, 0.5) is 0 Å². The van der Waals surface area contributed by atoms with E-state index in [9.17, 15) is 13.2 Å². The SMILES string of the molecule is CCC(=O)CS(=O)(=O)CCCOC. The number of ether oxygens (including phenoxy) is 1. The number of ketones is 1. The molecule has 0 aliphatic heterocycles. The van der Waals surface area contributed by atoms with Crippen molar-refractivity contribution in [1.29, 1.82) is 0 Å². The van der Waals surface area contributed by atoms with E-state index in [4.69, 9.17) is 4.74 Å². The van der Waals surface area contributed by atoms with Crippen LogP contribution in [0.15, 0.2) is 0 Å². The fraction of sp³-hybridized carbons (Fsp3) is 0.875. The van der Waals surface area contributed by atoms with Crippen LogP contribution in [0.3, 0.4) is 0 Å². The molecule has 0 aromatic rings. The van der Waals surface area contributed by atoms with Crippen molar-refractivity contribution in [3.63, 3.8) is 0 Å². The third-order valence-electron chi connectivity index (χ3n) is 1.58. The highest BCUT2D eigenvalue weighted by molar-refractivity contribution is 7.92. The minimum atomic E-state index is -3.19. The van der Waals surface area contributed by atoms with E-state index in [2.05, 4.69) is 0 Å². The molecule has 0 radical (unpaired) electrons. The van der Waals surface area contributed by atoms with Crippen LogP contribution < -0.4 is 0 Å². The molecule has 0 aliphatic carbocycles. The maximum atomic E-state index is 11.2. The Morgan fingerprint density at radius 3 is 2.46 bits per heavy atom. The highest BCUT2D eigenvalue weighted by Gasteiger charge is 2.14. The van der Waals surface area contributed by atoms with Crippen LogP contribution in [-0.4, -0.2) is 39.4 Å². The van der Waals surface area contributed by atoms with Crippen LogP contribution in [0.1, 0.15) is 19.8 Å². The molecule has 0 bridgehead atoms. The Kier molecular flexibility index (Phi) is 5.90. The van der Waals surface area contributed by atoms with Crippen LogP contribution in [0, 0.1) is 0 Å². The summed E-state index contributed by atoms with van der Waals surface area (Å²) in [4.78, 5) is 10.8. The second kappa shape index (κ2) is 6.10. The van der Waals surface area contributed by atoms with E-state index in [0.29, 0.717) is 13.0 Å². The summed E-state index contributed by atoms with van der Waals surface area (Å²) < 4.78 is 27.1. The van der Waals surface area contributed by atoms with Gasteiger partial charge in [-0.15, -0.1) is 0 Å². The number of hydrogen-bond acceptors (Lipinski definition) is 4. The molecule has 13 heavy (non-hydrogen) atoms. The summed E-state index contributed by atoms with van der Waals surface area (Å²) in [5, 5.41) is 0. The molecular formula is C8H16O4S. The summed E-state index contributed by atoms with van der Waals surface area (Å²) in [5.41, 5.74) is 0. The molecule has 5 heteroatoms. The second-order valence-corrected chi connectivity index (χ2v) is 5.01. The average molecular weight is 208 g/mol. The van der Waals surface area contributed by atoms with Crippen molar-refractivity contribution in [2.24, 2.45) is 0 Å². The molecule has 0 rings (SSSR count). The highest BCUT2D eigenvalue weighted by Crippen LogP contribution is 1.96. The molecule has 0 spiro atoms. The van der Waals surface area contributed by atoms with Gasteiger partial charge in [0.15, 0.2) is 9.84 Å². The lowest BCUT2D eigenvalue weighted by molar-refractivity contribution is -0.116. The standard InChI is InChI=1S/C8H16O4S/c1-3-8(9)7-13(10,11)6-4-5-12-2/h3-7H2,1-2H3. The maximum absolute atomic E-state index is 11.2. The number of methoxy groups -OCH3 is 1. The predicted molar refractivity (Wildman–Crippen MR) is 50.4 cm³/mol. The number of rotatable bonds is 7. The van der Waals surface area contributed by atoms with E-state index in [1.165, 1.54) is 7.11 Å². The Hall–Kier alpha value is -0.420. The first kappa shape index (κ1) is 12.6. The Morgan fingerprint density at radius 2 is 2.00 bits per heavy atom. The van der Waals surface area contributed by atoms with Gasteiger partial charge >= 0.3 is 0 Å². The van der Waals surface area contributed by atoms with Gasteiger partial charge in [-0.2, -0.15) is 0 Å². The summed E-state index contributed by atoms with van der Waals surface area (Å²) in [6.07, 6.45) is 0.735. The molecule has 0 atom stereocenters. The van der Waals surface area contributed by atoms with Gasteiger partial charge in [0.1, 0.15) is 11.5 Å². The number of carbonyl (C=O) groups excluding carboxylic acids is 1. The van der Waals surface area contributed by atoms with Gasteiger partial charge in [-0.3, -0.25) is 4.79 Å². The largest absolute Gasteiger partial charge is 0.385 e. The number of carbonyl (C=O) groups is 1. The normalized spacial score (nSPS) is 11.5. The van der Waals surface area contributed by atoms with Crippen molar-refractivity contribution < 1.29 is 17.9 Å². The molecule has 0 amide bonds. The van der Waals surface area contributed by atoms with Crippen LogP contribution in [0.5, 0.6) is 0 Å². The highest BCUT2D eigenvalue weighted by atomic mass is 32.2. The topological polar surface area (TPSA) is 60.4 Å². The molecule has 0 aromatic heterocycles. The predicted octanol–water partition coefficient (Wildman–Crippen LogP) is 0.417. The molecular weight excluding hydrogens is 192 g/mol. The van der Waals surface area contributed by atoms with Crippen molar-refractivity contribution in [3.05, 3.63) is 0 Å². The van der Waals surface area contributed by atoms with Crippen LogP contribution in [0.25, 0.3) is 0 Å². The zero-order chi connectivity index (χ0) is 10.3. The fourth-order valence-electron chi connectivity index (χ4n) is 0.843. The smallest absolute Gasteiger partial charge is 0.157 e.